The Morgan fingerprint density at radius 2 is 1.62 bits per heavy atom. The molecule has 1 fully saturated rings. The second kappa shape index (κ2) is 6.65. The number of aliphatic hydroxyl groups excluding tert-OH is 1. The zero-order valence-electron chi connectivity index (χ0n) is 12.0. The second-order valence-corrected chi connectivity index (χ2v) is 5.26. The minimum Gasteiger partial charge on any atom is -0.387 e. The molecule has 1 aliphatic rings. The molecule has 0 spiro atoms. The molecule has 5 nitrogen and oxygen atoms in total. The zero-order chi connectivity index (χ0) is 14.5. The van der Waals surface area contributed by atoms with E-state index in [2.05, 4.69) is 19.8 Å². The number of hydrogen-bond donors (Lipinski definition) is 1. The molecule has 1 aromatic heterocycles. The highest BCUT2D eigenvalue weighted by Gasteiger charge is 2.21. The van der Waals surface area contributed by atoms with Gasteiger partial charge in [0.1, 0.15) is 0 Å². The van der Waals surface area contributed by atoms with Gasteiger partial charge < -0.3 is 10.0 Å². The van der Waals surface area contributed by atoms with Crippen LogP contribution in [0.25, 0.3) is 0 Å². The summed E-state index contributed by atoms with van der Waals surface area (Å²) in [7, 11) is 0. The van der Waals surface area contributed by atoms with Crippen molar-refractivity contribution in [3.8, 4) is 0 Å². The van der Waals surface area contributed by atoms with Crippen molar-refractivity contribution in [1.82, 2.24) is 14.9 Å². The van der Waals surface area contributed by atoms with E-state index in [1.54, 1.807) is 12.4 Å². The molecule has 2 heterocycles. The molecular formula is C16H20N4O. The van der Waals surface area contributed by atoms with Crippen molar-refractivity contribution in [1.29, 1.82) is 0 Å². The SMILES string of the molecule is O[C@@H](CN1CCN(c2ncccn2)CC1)c1ccccc1. The number of benzene rings is 1. The normalized spacial score (nSPS) is 17.7. The van der Waals surface area contributed by atoms with Crippen molar-refractivity contribution in [3.05, 3.63) is 54.4 Å². The van der Waals surface area contributed by atoms with Crippen LogP contribution < -0.4 is 4.90 Å². The largest absolute Gasteiger partial charge is 0.387 e. The van der Waals surface area contributed by atoms with E-state index in [-0.39, 0.29) is 0 Å². The van der Waals surface area contributed by atoms with E-state index in [4.69, 9.17) is 0 Å². The molecule has 1 saturated heterocycles. The fourth-order valence-electron chi connectivity index (χ4n) is 2.61. The molecule has 0 radical (unpaired) electrons. The van der Waals surface area contributed by atoms with Gasteiger partial charge in [-0.15, -0.1) is 0 Å². The van der Waals surface area contributed by atoms with Crippen LogP contribution in [0.1, 0.15) is 11.7 Å². The summed E-state index contributed by atoms with van der Waals surface area (Å²) in [5, 5.41) is 10.3. The predicted molar refractivity (Wildman–Crippen MR) is 82.1 cm³/mol. The van der Waals surface area contributed by atoms with Crippen molar-refractivity contribution >= 4 is 5.95 Å². The standard InChI is InChI=1S/C16H20N4O/c21-15(14-5-2-1-3-6-14)13-19-9-11-20(12-10-19)16-17-7-4-8-18-16/h1-8,15,21H,9-13H2/t15-/m0/s1. The van der Waals surface area contributed by atoms with E-state index >= 15 is 0 Å². The second-order valence-electron chi connectivity index (χ2n) is 5.26. The molecule has 110 valence electrons. The summed E-state index contributed by atoms with van der Waals surface area (Å²) in [4.78, 5) is 13.0. The van der Waals surface area contributed by atoms with Gasteiger partial charge >= 0.3 is 0 Å². The van der Waals surface area contributed by atoms with Crippen molar-refractivity contribution in [3.63, 3.8) is 0 Å². The lowest BCUT2D eigenvalue weighted by molar-refractivity contribution is 0.109. The van der Waals surface area contributed by atoms with Gasteiger partial charge in [0, 0.05) is 45.1 Å². The average molecular weight is 284 g/mol. The maximum Gasteiger partial charge on any atom is 0.225 e. The fraction of sp³-hybridized carbons (Fsp3) is 0.375. The Bertz CT molecular complexity index is 541. The molecule has 1 N–H and O–H groups in total. The number of aromatic nitrogens is 2. The summed E-state index contributed by atoms with van der Waals surface area (Å²) < 4.78 is 0. The van der Waals surface area contributed by atoms with Gasteiger partial charge in [0.15, 0.2) is 0 Å². The number of aliphatic hydroxyl groups is 1. The van der Waals surface area contributed by atoms with Crippen LogP contribution in [0.2, 0.25) is 0 Å². The summed E-state index contributed by atoms with van der Waals surface area (Å²) in [6, 6.07) is 11.7. The molecule has 0 unspecified atom stereocenters. The number of anilines is 1. The van der Waals surface area contributed by atoms with E-state index < -0.39 is 6.10 Å². The van der Waals surface area contributed by atoms with Gasteiger partial charge in [-0.2, -0.15) is 0 Å². The Kier molecular flexibility index (Phi) is 4.43. The smallest absolute Gasteiger partial charge is 0.225 e. The summed E-state index contributed by atoms with van der Waals surface area (Å²) >= 11 is 0. The highest BCUT2D eigenvalue weighted by atomic mass is 16.3. The van der Waals surface area contributed by atoms with Gasteiger partial charge in [0.2, 0.25) is 5.95 Å². The summed E-state index contributed by atoms with van der Waals surface area (Å²) in [6.45, 7) is 4.30. The lowest BCUT2D eigenvalue weighted by Crippen LogP contribution is -2.48. The van der Waals surface area contributed by atoms with Gasteiger partial charge in [0.05, 0.1) is 6.10 Å². The maximum absolute atomic E-state index is 10.3. The van der Waals surface area contributed by atoms with Crippen molar-refractivity contribution in [2.24, 2.45) is 0 Å². The Morgan fingerprint density at radius 1 is 0.952 bits per heavy atom. The Morgan fingerprint density at radius 3 is 2.29 bits per heavy atom. The number of rotatable bonds is 4. The number of hydrogen-bond acceptors (Lipinski definition) is 5. The first-order chi connectivity index (χ1) is 10.3. The van der Waals surface area contributed by atoms with E-state index in [0.717, 1.165) is 37.7 Å². The minimum atomic E-state index is -0.425. The highest BCUT2D eigenvalue weighted by molar-refractivity contribution is 5.29. The third-order valence-electron chi connectivity index (χ3n) is 3.82. The van der Waals surface area contributed by atoms with Crippen LogP contribution in [0.5, 0.6) is 0 Å². The quantitative estimate of drug-likeness (QED) is 0.918. The number of piperazine rings is 1. The summed E-state index contributed by atoms with van der Waals surface area (Å²) in [5.74, 6) is 0.792. The third-order valence-corrected chi connectivity index (χ3v) is 3.82. The maximum atomic E-state index is 10.3. The molecule has 21 heavy (non-hydrogen) atoms. The van der Waals surface area contributed by atoms with Crippen LogP contribution in [-0.2, 0) is 0 Å². The topological polar surface area (TPSA) is 52.5 Å². The van der Waals surface area contributed by atoms with Crippen molar-refractivity contribution < 1.29 is 5.11 Å². The fourth-order valence-corrected chi connectivity index (χ4v) is 2.61. The van der Waals surface area contributed by atoms with E-state index in [1.165, 1.54) is 0 Å². The molecule has 3 rings (SSSR count). The van der Waals surface area contributed by atoms with Crippen LogP contribution in [0.4, 0.5) is 5.95 Å². The van der Waals surface area contributed by atoms with Crippen LogP contribution in [-0.4, -0.2) is 52.7 Å². The van der Waals surface area contributed by atoms with Gasteiger partial charge in [-0.25, -0.2) is 9.97 Å². The first-order valence-electron chi connectivity index (χ1n) is 7.30. The molecule has 0 bridgehead atoms. The molecule has 1 aromatic carbocycles. The van der Waals surface area contributed by atoms with Crippen LogP contribution in [0.15, 0.2) is 48.8 Å². The van der Waals surface area contributed by atoms with Crippen molar-refractivity contribution in [2.45, 2.75) is 6.10 Å². The monoisotopic (exact) mass is 284 g/mol. The van der Waals surface area contributed by atoms with Crippen LogP contribution in [0.3, 0.4) is 0 Å². The molecule has 1 aliphatic heterocycles. The predicted octanol–water partition coefficient (Wildman–Crippen LogP) is 1.33. The molecule has 1 atom stereocenters. The Balaban J connectivity index is 1.52. The molecule has 2 aromatic rings. The molecule has 0 aliphatic carbocycles. The Hall–Kier alpha value is -1.98. The molecule has 0 saturated carbocycles. The molecule has 5 heteroatoms. The van der Waals surface area contributed by atoms with Crippen LogP contribution >= 0.6 is 0 Å². The van der Waals surface area contributed by atoms with E-state index in [9.17, 15) is 5.11 Å². The van der Waals surface area contributed by atoms with Crippen molar-refractivity contribution in [2.75, 3.05) is 37.6 Å². The van der Waals surface area contributed by atoms with Gasteiger partial charge in [0.25, 0.3) is 0 Å². The minimum absolute atomic E-state index is 0.425. The highest BCUT2D eigenvalue weighted by Crippen LogP contribution is 2.16. The summed E-state index contributed by atoms with van der Waals surface area (Å²) in [5.41, 5.74) is 0.978. The van der Waals surface area contributed by atoms with Gasteiger partial charge in [-0.3, -0.25) is 4.90 Å². The lowest BCUT2D eigenvalue weighted by Gasteiger charge is -2.35. The van der Waals surface area contributed by atoms with Gasteiger partial charge in [-0.05, 0) is 11.6 Å². The van der Waals surface area contributed by atoms with Crippen LogP contribution in [0, 0.1) is 0 Å². The first-order valence-corrected chi connectivity index (χ1v) is 7.30. The molecular weight excluding hydrogens is 264 g/mol. The number of β-amino-alcohol motifs (C(OH)–C–C–N with tert-alkyl or cyclic N) is 1. The lowest BCUT2D eigenvalue weighted by atomic mass is 10.1. The summed E-state index contributed by atoms with van der Waals surface area (Å²) in [6.07, 6.45) is 3.12. The molecule has 0 amide bonds. The third kappa shape index (κ3) is 3.56. The first kappa shape index (κ1) is 14.0. The van der Waals surface area contributed by atoms with E-state index in [1.807, 2.05) is 36.4 Å². The van der Waals surface area contributed by atoms with E-state index in [0.29, 0.717) is 6.54 Å². The average Bonchev–Trinajstić information content (AvgIpc) is 2.57. The Labute approximate surface area is 124 Å². The zero-order valence-corrected chi connectivity index (χ0v) is 12.0. The van der Waals surface area contributed by atoms with Gasteiger partial charge in [-0.1, -0.05) is 30.3 Å². The number of nitrogens with zero attached hydrogens (tertiary/aromatic N) is 4.